The first-order valence-corrected chi connectivity index (χ1v) is 8.96. The number of anilines is 1. The Labute approximate surface area is 149 Å². The lowest BCUT2D eigenvalue weighted by molar-refractivity contribution is 0.102. The Hall–Kier alpha value is -2.22. The minimum absolute atomic E-state index is 0.219. The molecule has 2 heterocycles. The van der Waals surface area contributed by atoms with Gasteiger partial charge in [0.15, 0.2) is 5.13 Å². The van der Waals surface area contributed by atoms with E-state index in [1.807, 2.05) is 12.1 Å². The second kappa shape index (κ2) is 6.01. The van der Waals surface area contributed by atoms with Gasteiger partial charge < -0.3 is 4.74 Å². The summed E-state index contributed by atoms with van der Waals surface area (Å²) in [6.45, 7) is 0. The highest BCUT2D eigenvalue weighted by molar-refractivity contribution is 7.29. The zero-order valence-electron chi connectivity index (χ0n) is 12.4. The lowest BCUT2D eigenvalue weighted by atomic mass is 10.2. The van der Waals surface area contributed by atoms with Gasteiger partial charge in [0.25, 0.3) is 11.1 Å². The number of carbonyl (C=O) groups is 1. The number of benzene rings is 2. The lowest BCUT2D eigenvalue weighted by Crippen LogP contribution is -2.11. The molecule has 0 aliphatic carbocycles. The lowest BCUT2D eigenvalue weighted by Gasteiger charge is -2.01. The van der Waals surface area contributed by atoms with Crippen LogP contribution in [0.15, 0.2) is 36.4 Å². The highest BCUT2D eigenvalue weighted by Gasteiger charge is 2.14. The molecule has 0 unspecified atom stereocenters. The Bertz CT molecular complexity index is 1060. The summed E-state index contributed by atoms with van der Waals surface area (Å²) in [5.41, 5.74) is 2.22. The molecule has 0 saturated heterocycles. The summed E-state index contributed by atoms with van der Waals surface area (Å²) in [5.74, 6) is -0.219. The van der Waals surface area contributed by atoms with Crippen molar-refractivity contribution in [3.63, 3.8) is 0 Å². The summed E-state index contributed by atoms with van der Waals surface area (Å²) >= 11 is 8.73. The molecule has 120 valence electrons. The van der Waals surface area contributed by atoms with Crippen LogP contribution in [-0.2, 0) is 0 Å². The third-order valence-electron chi connectivity index (χ3n) is 3.39. The van der Waals surface area contributed by atoms with Crippen LogP contribution in [0.3, 0.4) is 0 Å². The standard InChI is InChI=1S/C16H10ClN3O2S2/c1-22-16-19-11-7-6-10-12(13(11)24-16)23-15(18-10)20-14(21)8-2-4-9(17)5-3-8/h2-7H,1H3,(H,18,20,21). The van der Waals surface area contributed by atoms with E-state index in [-0.39, 0.29) is 5.91 Å². The maximum atomic E-state index is 12.3. The van der Waals surface area contributed by atoms with Gasteiger partial charge in [-0.3, -0.25) is 10.1 Å². The van der Waals surface area contributed by atoms with Gasteiger partial charge in [-0.15, -0.1) is 0 Å². The molecule has 1 N–H and O–H groups in total. The average molecular weight is 376 g/mol. The molecule has 4 aromatic rings. The molecule has 5 nitrogen and oxygen atoms in total. The van der Waals surface area contributed by atoms with Gasteiger partial charge in [0.1, 0.15) is 0 Å². The molecule has 0 radical (unpaired) electrons. The number of nitrogens with one attached hydrogen (secondary N) is 1. The van der Waals surface area contributed by atoms with E-state index in [2.05, 4.69) is 15.3 Å². The van der Waals surface area contributed by atoms with E-state index in [0.717, 1.165) is 20.4 Å². The maximum absolute atomic E-state index is 12.3. The van der Waals surface area contributed by atoms with E-state index in [4.69, 9.17) is 16.3 Å². The SMILES string of the molecule is COc1nc2ccc3nc(NC(=O)c4ccc(Cl)cc4)sc3c2s1. The van der Waals surface area contributed by atoms with Crippen LogP contribution < -0.4 is 10.1 Å². The van der Waals surface area contributed by atoms with Crippen LogP contribution in [0.5, 0.6) is 5.19 Å². The number of nitrogens with zero attached hydrogens (tertiary/aromatic N) is 2. The molecule has 4 rings (SSSR count). The number of carbonyl (C=O) groups excluding carboxylic acids is 1. The number of halogens is 1. The monoisotopic (exact) mass is 375 g/mol. The van der Waals surface area contributed by atoms with Crippen molar-refractivity contribution < 1.29 is 9.53 Å². The van der Waals surface area contributed by atoms with Crippen LogP contribution in [0.25, 0.3) is 20.4 Å². The van der Waals surface area contributed by atoms with Crippen LogP contribution in [-0.4, -0.2) is 23.0 Å². The third-order valence-corrected chi connectivity index (χ3v) is 5.83. The molecule has 0 fully saturated rings. The summed E-state index contributed by atoms with van der Waals surface area (Å²) in [5, 5.41) is 4.58. The Kier molecular flexibility index (Phi) is 3.84. The average Bonchev–Trinajstić information content (AvgIpc) is 3.17. The Balaban J connectivity index is 1.69. The number of fused-ring (bicyclic) bond motifs is 3. The van der Waals surface area contributed by atoms with Crippen LogP contribution in [0, 0.1) is 0 Å². The number of ether oxygens (including phenoxy) is 1. The van der Waals surface area contributed by atoms with E-state index < -0.39 is 0 Å². The summed E-state index contributed by atoms with van der Waals surface area (Å²) in [7, 11) is 1.60. The van der Waals surface area contributed by atoms with Gasteiger partial charge in [-0.25, -0.2) is 9.97 Å². The molecule has 0 atom stereocenters. The fraction of sp³-hybridized carbons (Fsp3) is 0.0625. The molecule has 2 aromatic heterocycles. The zero-order valence-corrected chi connectivity index (χ0v) is 14.8. The first kappa shape index (κ1) is 15.3. The molecule has 0 spiro atoms. The van der Waals surface area contributed by atoms with Crippen molar-refractivity contribution in [2.24, 2.45) is 0 Å². The van der Waals surface area contributed by atoms with Crippen LogP contribution >= 0.6 is 34.3 Å². The number of amides is 1. The molecule has 2 aromatic carbocycles. The number of rotatable bonds is 3. The van der Waals surface area contributed by atoms with Crippen molar-refractivity contribution in [3.05, 3.63) is 47.0 Å². The van der Waals surface area contributed by atoms with Crippen LogP contribution in [0.1, 0.15) is 10.4 Å². The van der Waals surface area contributed by atoms with Gasteiger partial charge >= 0.3 is 0 Å². The summed E-state index contributed by atoms with van der Waals surface area (Å²) in [4.78, 5) is 21.2. The largest absolute Gasteiger partial charge is 0.473 e. The predicted octanol–water partition coefficient (Wildman–Crippen LogP) is 4.82. The smallest absolute Gasteiger partial charge is 0.274 e. The fourth-order valence-electron chi connectivity index (χ4n) is 2.26. The second-order valence-corrected chi connectivity index (χ2v) is 7.32. The van der Waals surface area contributed by atoms with Crippen molar-refractivity contribution in [3.8, 4) is 5.19 Å². The molecule has 24 heavy (non-hydrogen) atoms. The first-order chi connectivity index (χ1) is 11.6. The highest BCUT2D eigenvalue weighted by Crippen LogP contribution is 2.38. The van der Waals surface area contributed by atoms with Crippen LogP contribution in [0.2, 0.25) is 5.02 Å². The van der Waals surface area contributed by atoms with Gasteiger partial charge in [0, 0.05) is 10.6 Å². The van der Waals surface area contributed by atoms with Gasteiger partial charge in [-0.05, 0) is 36.4 Å². The van der Waals surface area contributed by atoms with E-state index >= 15 is 0 Å². The summed E-state index contributed by atoms with van der Waals surface area (Å²) in [6.07, 6.45) is 0. The number of hydrogen-bond acceptors (Lipinski definition) is 6. The molecule has 0 aliphatic rings. The number of thiazole rings is 2. The minimum Gasteiger partial charge on any atom is -0.473 e. The number of hydrogen-bond donors (Lipinski definition) is 1. The van der Waals surface area contributed by atoms with E-state index in [0.29, 0.717) is 20.9 Å². The second-order valence-electron chi connectivity index (χ2n) is 4.93. The van der Waals surface area contributed by atoms with Crippen molar-refractivity contribution in [1.29, 1.82) is 0 Å². The molecule has 0 aliphatic heterocycles. The fourth-order valence-corrected chi connectivity index (χ4v) is 4.35. The van der Waals surface area contributed by atoms with Gasteiger partial charge in [-0.1, -0.05) is 34.3 Å². The highest BCUT2D eigenvalue weighted by atomic mass is 35.5. The molecule has 8 heteroatoms. The Morgan fingerprint density at radius 3 is 2.42 bits per heavy atom. The predicted molar refractivity (Wildman–Crippen MR) is 98.8 cm³/mol. The van der Waals surface area contributed by atoms with E-state index in [1.165, 1.54) is 22.7 Å². The molecule has 0 bridgehead atoms. The van der Waals surface area contributed by atoms with E-state index in [1.54, 1.807) is 31.4 Å². The first-order valence-electron chi connectivity index (χ1n) is 6.95. The van der Waals surface area contributed by atoms with Crippen molar-refractivity contribution in [2.75, 3.05) is 12.4 Å². The zero-order chi connectivity index (χ0) is 16.7. The maximum Gasteiger partial charge on any atom is 0.274 e. The Morgan fingerprint density at radius 1 is 1.04 bits per heavy atom. The molecule has 1 amide bonds. The Morgan fingerprint density at radius 2 is 1.71 bits per heavy atom. The number of methoxy groups -OCH3 is 1. The topological polar surface area (TPSA) is 64.1 Å². The minimum atomic E-state index is -0.219. The van der Waals surface area contributed by atoms with E-state index in [9.17, 15) is 4.79 Å². The summed E-state index contributed by atoms with van der Waals surface area (Å²) in [6, 6.07) is 10.5. The van der Waals surface area contributed by atoms with Crippen molar-refractivity contribution >= 4 is 65.7 Å². The number of aromatic nitrogens is 2. The van der Waals surface area contributed by atoms with Crippen LogP contribution in [0.4, 0.5) is 5.13 Å². The quantitative estimate of drug-likeness (QED) is 0.557. The summed E-state index contributed by atoms with van der Waals surface area (Å²) < 4.78 is 7.19. The van der Waals surface area contributed by atoms with Gasteiger partial charge in [-0.2, -0.15) is 0 Å². The molecular formula is C16H10ClN3O2S2. The third kappa shape index (κ3) is 2.71. The van der Waals surface area contributed by atoms with Gasteiger partial charge in [0.05, 0.1) is 27.5 Å². The van der Waals surface area contributed by atoms with Crippen molar-refractivity contribution in [2.45, 2.75) is 0 Å². The van der Waals surface area contributed by atoms with Gasteiger partial charge in [0.2, 0.25) is 0 Å². The molecule has 0 saturated carbocycles. The normalized spacial score (nSPS) is 11.1. The van der Waals surface area contributed by atoms with Crippen molar-refractivity contribution in [1.82, 2.24) is 9.97 Å². The molecular weight excluding hydrogens is 366 g/mol.